The maximum Gasteiger partial charge on any atom is 0.320 e. The van der Waals surface area contributed by atoms with Crippen LogP contribution < -0.4 is 10.2 Å². The second-order valence-electron chi connectivity index (χ2n) is 7.06. The van der Waals surface area contributed by atoms with E-state index in [9.17, 15) is 14.7 Å². The molecule has 0 radical (unpaired) electrons. The van der Waals surface area contributed by atoms with E-state index in [0.29, 0.717) is 25.4 Å². The normalized spacial score (nSPS) is 24.2. The molecule has 2 fully saturated rings. The van der Waals surface area contributed by atoms with Gasteiger partial charge in [0.1, 0.15) is 6.04 Å². The fraction of sp³-hybridized carbons (Fsp3) is 0.579. The highest BCUT2D eigenvalue weighted by Gasteiger charge is 2.30. The Bertz CT molecular complexity index is 593. The van der Waals surface area contributed by atoms with Crippen molar-refractivity contribution in [3.8, 4) is 0 Å². The van der Waals surface area contributed by atoms with Crippen LogP contribution in [0.15, 0.2) is 30.3 Å². The lowest BCUT2D eigenvalue weighted by molar-refractivity contribution is -0.145. The third-order valence-corrected chi connectivity index (χ3v) is 5.24. The van der Waals surface area contributed by atoms with E-state index in [0.717, 1.165) is 32.4 Å². The number of aliphatic carboxylic acids is 1. The van der Waals surface area contributed by atoms with Gasteiger partial charge in [0, 0.05) is 25.3 Å². The number of hydrogen-bond acceptors (Lipinski definition) is 4. The Hall–Kier alpha value is -2.08. The maximum atomic E-state index is 12.2. The molecule has 2 aliphatic heterocycles. The van der Waals surface area contributed by atoms with Crippen molar-refractivity contribution in [1.82, 2.24) is 10.2 Å². The zero-order valence-corrected chi connectivity index (χ0v) is 14.6. The van der Waals surface area contributed by atoms with Gasteiger partial charge in [0.2, 0.25) is 5.91 Å². The van der Waals surface area contributed by atoms with Crippen molar-refractivity contribution in [1.29, 1.82) is 0 Å². The number of carboxylic acid groups (broad SMARTS) is 1. The highest BCUT2D eigenvalue weighted by Crippen LogP contribution is 2.23. The van der Waals surface area contributed by atoms with Crippen LogP contribution in [0.5, 0.6) is 0 Å². The number of anilines is 1. The van der Waals surface area contributed by atoms with Crippen molar-refractivity contribution >= 4 is 17.6 Å². The molecule has 2 unspecified atom stereocenters. The molecular formula is C19H27N3O3. The summed E-state index contributed by atoms with van der Waals surface area (Å²) >= 11 is 0. The molecule has 1 aromatic rings. The van der Waals surface area contributed by atoms with Gasteiger partial charge >= 0.3 is 5.97 Å². The number of rotatable bonds is 6. The van der Waals surface area contributed by atoms with Crippen LogP contribution in [0.25, 0.3) is 0 Å². The number of nitrogens with zero attached hydrogens (tertiary/aromatic N) is 2. The lowest BCUT2D eigenvalue weighted by Crippen LogP contribution is -2.49. The number of para-hydroxylation sites is 1. The van der Waals surface area contributed by atoms with Crippen LogP contribution in [0, 0.1) is 5.92 Å². The molecule has 1 amide bonds. The molecule has 2 atom stereocenters. The van der Waals surface area contributed by atoms with Crippen LogP contribution in [0.1, 0.15) is 25.7 Å². The van der Waals surface area contributed by atoms with Gasteiger partial charge in [0.05, 0.1) is 6.54 Å². The molecule has 25 heavy (non-hydrogen) atoms. The molecule has 0 bridgehead atoms. The van der Waals surface area contributed by atoms with Crippen molar-refractivity contribution in [2.45, 2.75) is 31.7 Å². The number of carbonyl (C=O) groups is 2. The summed E-state index contributed by atoms with van der Waals surface area (Å²) in [6, 6.07) is 9.82. The molecule has 3 rings (SSSR count). The van der Waals surface area contributed by atoms with E-state index in [2.05, 4.69) is 22.3 Å². The van der Waals surface area contributed by atoms with E-state index >= 15 is 0 Å². The van der Waals surface area contributed by atoms with Gasteiger partial charge in [-0.1, -0.05) is 24.6 Å². The molecule has 1 aromatic carbocycles. The first-order chi connectivity index (χ1) is 12.1. The topological polar surface area (TPSA) is 72.9 Å². The smallest absolute Gasteiger partial charge is 0.320 e. The van der Waals surface area contributed by atoms with Crippen LogP contribution in [0.3, 0.4) is 0 Å². The summed E-state index contributed by atoms with van der Waals surface area (Å²) in [5.41, 5.74) is 1.23. The van der Waals surface area contributed by atoms with Gasteiger partial charge in [0.15, 0.2) is 0 Å². The number of amides is 1. The van der Waals surface area contributed by atoms with Gasteiger partial charge in [-0.2, -0.15) is 0 Å². The van der Waals surface area contributed by atoms with Gasteiger partial charge < -0.3 is 15.3 Å². The summed E-state index contributed by atoms with van der Waals surface area (Å²) in [6.07, 6.45) is 3.59. The van der Waals surface area contributed by atoms with Gasteiger partial charge in [0.25, 0.3) is 0 Å². The van der Waals surface area contributed by atoms with Crippen LogP contribution in [0.4, 0.5) is 5.69 Å². The van der Waals surface area contributed by atoms with Gasteiger partial charge in [-0.3, -0.25) is 14.5 Å². The summed E-state index contributed by atoms with van der Waals surface area (Å²) < 4.78 is 0. The molecular weight excluding hydrogens is 318 g/mol. The molecule has 2 saturated heterocycles. The second kappa shape index (κ2) is 8.34. The van der Waals surface area contributed by atoms with Crippen molar-refractivity contribution < 1.29 is 14.7 Å². The fourth-order valence-corrected chi connectivity index (χ4v) is 3.83. The Labute approximate surface area is 148 Å². The van der Waals surface area contributed by atoms with Crippen LogP contribution in [0.2, 0.25) is 0 Å². The minimum atomic E-state index is -0.818. The standard InChI is InChI=1S/C19H27N3O3/c23-18(14-22-10-5-4-8-17(22)19(24)25)20-12-15-9-11-21(13-15)16-6-2-1-3-7-16/h1-3,6-7,15,17H,4-5,8-14H2,(H,20,23)(H,24,25). The van der Waals surface area contributed by atoms with E-state index in [4.69, 9.17) is 0 Å². The number of carboxylic acids is 1. The first kappa shape index (κ1) is 17.7. The molecule has 136 valence electrons. The third-order valence-electron chi connectivity index (χ3n) is 5.24. The van der Waals surface area contributed by atoms with Crippen LogP contribution in [-0.4, -0.2) is 60.6 Å². The van der Waals surface area contributed by atoms with Gasteiger partial charge in [-0.05, 0) is 43.9 Å². The number of carbonyl (C=O) groups excluding carboxylic acids is 1. The Balaban J connectivity index is 1.43. The van der Waals surface area contributed by atoms with Gasteiger partial charge in [-0.15, -0.1) is 0 Å². The first-order valence-corrected chi connectivity index (χ1v) is 9.17. The van der Waals surface area contributed by atoms with Crippen LogP contribution >= 0.6 is 0 Å². The van der Waals surface area contributed by atoms with E-state index in [1.54, 1.807) is 4.90 Å². The number of nitrogens with one attached hydrogen (secondary N) is 1. The largest absolute Gasteiger partial charge is 0.480 e. The monoisotopic (exact) mass is 345 g/mol. The molecule has 0 saturated carbocycles. The molecule has 6 heteroatoms. The average Bonchev–Trinajstić information content (AvgIpc) is 3.10. The summed E-state index contributed by atoms with van der Waals surface area (Å²) in [4.78, 5) is 27.7. The fourth-order valence-electron chi connectivity index (χ4n) is 3.83. The minimum absolute atomic E-state index is 0.0636. The molecule has 0 aromatic heterocycles. The number of benzene rings is 1. The van der Waals surface area contributed by atoms with Crippen molar-refractivity contribution in [3.05, 3.63) is 30.3 Å². The minimum Gasteiger partial charge on any atom is -0.480 e. The maximum absolute atomic E-state index is 12.2. The second-order valence-corrected chi connectivity index (χ2v) is 7.06. The molecule has 2 heterocycles. The molecule has 0 spiro atoms. The summed E-state index contributed by atoms with van der Waals surface area (Å²) in [5.74, 6) is -0.436. The number of piperidine rings is 1. The highest BCUT2D eigenvalue weighted by molar-refractivity contribution is 5.80. The Kier molecular flexibility index (Phi) is 5.91. The molecule has 0 aliphatic carbocycles. The third kappa shape index (κ3) is 4.72. The lowest BCUT2D eigenvalue weighted by atomic mass is 10.0. The number of hydrogen-bond donors (Lipinski definition) is 2. The molecule has 2 N–H and O–H groups in total. The Morgan fingerprint density at radius 1 is 1.12 bits per heavy atom. The average molecular weight is 345 g/mol. The summed E-state index contributed by atoms with van der Waals surface area (Å²) in [6.45, 7) is 3.50. The van der Waals surface area contributed by atoms with Crippen molar-refractivity contribution in [2.75, 3.05) is 37.6 Å². The zero-order valence-electron chi connectivity index (χ0n) is 14.6. The molecule has 2 aliphatic rings. The Morgan fingerprint density at radius 3 is 2.68 bits per heavy atom. The predicted octanol–water partition coefficient (Wildman–Crippen LogP) is 1.57. The van der Waals surface area contributed by atoms with Crippen molar-refractivity contribution in [3.63, 3.8) is 0 Å². The van der Waals surface area contributed by atoms with Crippen molar-refractivity contribution in [2.24, 2.45) is 5.92 Å². The zero-order chi connectivity index (χ0) is 17.6. The van der Waals surface area contributed by atoms with E-state index in [-0.39, 0.29) is 12.5 Å². The lowest BCUT2D eigenvalue weighted by Gasteiger charge is -2.32. The van der Waals surface area contributed by atoms with E-state index in [1.165, 1.54) is 5.69 Å². The van der Waals surface area contributed by atoms with E-state index < -0.39 is 12.0 Å². The Morgan fingerprint density at radius 2 is 1.92 bits per heavy atom. The quantitative estimate of drug-likeness (QED) is 0.819. The number of likely N-dealkylation sites (tertiary alicyclic amines) is 1. The first-order valence-electron chi connectivity index (χ1n) is 9.17. The predicted molar refractivity (Wildman–Crippen MR) is 96.6 cm³/mol. The SMILES string of the molecule is O=C(CN1CCCCC1C(=O)O)NCC1CCN(c2ccccc2)C1. The van der Waals surface area contributed by atoms with Gasteiger partial charge in [-0.25, -0.2) is 0 Å². The highest BCUT2D eigenvalue weighted by atomic mass is 16.4. The van der Waals surface area contributed by atoms with E-state index in [1.807, 2.05) is 18.2 Å². The molecule has 6 nitrogen and oxygen atoms in total. The summed E-state index contributed by atoms with van der Waals surface area (Å²) in [5, 5.41) is 12.3. The summed E-state index contributed by atoms with van der Waals surface area (Å²) in [7, 11) is 0. The van der Waals surface area contributed by atoms with Crippen LogP contribution in [-0.2, 0) is 9.59 Å².